The van der Waals surface area contributed by atoms with Gasteiger partial charge in [-0.05, 0) is 82.8 Å². The molecule has 0 aliphatic carbocycles. The fourth-order valence-electron chi connectivity index (χ4n) is 2.56. The highest BCUT2D eigenvalue weighted by atomic mass is 127. The van der Waals surface area contributed by atoms with Gasteiger partial charge in [-0.1, -0.05) is 12.1 Å². The number of hydrogen-bond acceptors (Lipinski definition) is 9. The molecule has 0 saturated heterocycles. The van der Waals surface area contributed by atoms with Gasteiger partial charge in [0.05, 0.1) is 9.79 Å². The molecule has 0 saturated carbocycles. The van der Waals surface area contributed by atoms with Crippen LogP contribution in [0.1, 0.15) is 5.56 Å². The average Bonchev–Trinajstić information content (AvgIpc) is 2.77. The lowest BCUT2D eigenvalue weighted by Gasteiger charge is -2.12. The highest BCUT2D eigenvalue weighted by Crippen LogP contribution is 2.23. The number of nitrogens with zero attached hydrogens (tertiary/aromatic N) is 1. The van der Waals surface area contributed by atoms with Crippen molar-refractivity contribution in [1.82, 2.24) is 0 Å². The Morgan fingerprint density at radius 2 is 1.54 bits per heavy atom. The smallest absolute Gasteiger partial charge is 0.349 e. The lowest BCUT2D eigenvalue weighted by atomic mass is 10.2. The van der Waals surface area contributed by atoms with Crippen LogP contribution in [0.4, 0.5) is 4.39 Å². The first-order valence-electron chi connectivity index (χ1n) is 9.32. The van der Waals surface area contributed by atoms with Crippen LogP contribution < -0.4 is 14.6 Å². The third kappa shape index (κ3) is 7.20. The van der Waals surface area contributed by atoms with Crippen molar-refractivity contribution in [2.24, 2.45) is 4.40 Å². The average molecular weight is 633 g/mol. The molecule has 0 aromatic heterocycles. The molecule has 10 nitrogen and oxygen atoms in total. The summed E-state index contributed by atoms with van der Waals surface area (Å²) in [6.07, 6.45) is 0. The quantitative estimate of drug-likeness (QED) is 0.0900. The van der Waals surface area contributed by atoms with Gasteiger partial charge in [-0.25, -0.2) is 17.6 Å². The standard InChI is InChI=1S/C21H15FINO9S2/c22-14-3-8-17(9-4-14)34(27,28)24-21(26)13-1-5-15(6-2-13)33-20(25)12-32-16-7-10-19(18(23)11-16)35(29,30)31/h1-11H,12H2,(H,24,26)(H,29,30,31)/p-2. The topological polar surface area (TPSA) is 162 Å². The third-order valence-corrected chi connectivity index (χ3v) is 7.60. The second-order valence-electron chi connectivity index (χ2n) is 6.66. The number of benzene rings is 3. The van der Waals surface area contributed by atoms with Gasteiger partial charge in [0.1, 0.15) is 27.4 Å². The van der Waals surface area contributed by atoms with E-state index in [1.54, 1.807) is 22.6 Å². The molecule has 0 N–H and O–H groups in total. The van der Waals surface area contributed by atoms with Crippen LogP contribution in [0.15, 0.2) is 80.9 Å². The Hall–Kier alpha value is -3.08. The summed E-state index contributed by atoms with van der Waals surface area (Å²) in [5.74, 6) is -2.40. The molecule has 0 aliphatic rings. The maximum absolute atomic E-state index is 13.0. The molecule has 14 heteroatoms. The van der Waals surface area contributed by atoms with Crippen LogP contribution in [0.3, 0.4) is 0 Å². The molecule has 184 valence electrons. The zero-order valence-electron chi connectivity index (χ0n) is 17.3. The van der Waals surface area contributed by atoms with Crippen molar-refractivity contribution in [2.45, 2.75) is 9.79 Å². The number of ether oxygens (including phenoxy) is 2. The lowest BCUT2D eigenvalue weighted by molar-refractivity contribution is -0.212. The van der Waals surface area contributed by atoms with Gasteiger partial charge in [-0.3, -0.25) is 0 Å². The number of rotatable bonds is 8. The molecule has 0 bridgehead atoms. The zero-order chi connectivity index (χ0) is 25.8. The second-order valence-corrected chi connectivity index (χ2v) is 10.8. The molecule has 3 aromatic rings. The Bertz CT molecular complexity index is 1490. The molecule has 0 aliphatic heterocycles. The van der Waals surface area contributed by atoms with E-state index in [1.807, 2.05) is 0 Å². The molecule has 0 amide bonds. The van der Waals surface area contributed by atoms with Crippen molar-refractivity contribution in [2.75, 3.05) is 6.61 Å². The van der Waals surface area contributed by atoms with Crippen LogP contribution in [0.2, 0.25) is 0 Å². The van der Waals surface area contributed by atoms with Gasteiger partial charge in [0.15, 0.2) is 6.61 Å². The summed E-state index contributed by atoms with van der Waals surface area (Å²) in [6, 6.07) is 12.2. The van der Waals surface area contributed by atoms with Gasteiger partial charge in [0.25, 0.3) is 10.0 Å². The Morgan fingerprint density at radius 1 is 0.943 bits per heavy atom. The normalized spacial score (nSPS) is 12.3. The van der Waals surface area contributed by atoms with Crippen molar-refractivity contribution in [1.29, 1.82) is 0 Å². The predicted molar refractivity (Wildman–Crippen MR) is 125 cm³/mol. The minimum absolute atomic E-state index is 0.0268. The van der Waals surface area contributed by atoms with E-state index in [1.165, 1.54) is 36.4 Å². The molecule has 3 aromatic carbocycles. The SMILES string of the molecule is O=C(COc1ccc(S(=O)(=O)[O-])c(I)c1)Oc1ccc(/C([O-])=N/S(=O)(=O)c2ccc(F)cc2)cc1. The molecule has 35 heavy (non-hydrogen) atoms. The molecule has 0 radical (unpaired) electrons. The number of carbonyl (C=O) groups is 1. The minimum Gasteiger partial charge on any atom is -0.858 e. The molecule has 0 unspecified atom stereocenters. The van der Waals surface area contributed by atoms with E-state index in [-0.39, 0.29) is 25.5 Å². The van der Waals surface area contributed by atoms with E-state index in [4.69, 9.17) is 9.47 Å². The third-order valence-electron chi connectivity index (χ3n) is 4.18. The van der Waals surface area contributed by atoms with Gasteiger partial charge >= 0.3 is 5.97 Å². The van der Waals surface area contributed by atoms with E-state index in [9.17, 15) is 35.7 Å². The first-order valence-corrected chi connectivity index (χ1v) is 13.2. The van der Waals surface area contributed by atoms with Gasteiger partial charge in [0, 0.05) is 9.47 Å². The molecular formula is C21H13FINO9S2-2. The summed E-state index contributed by atoms with van der Waals surface area (Å²) >= 11 is 1.64. The zero-order valence-corrected chi connectivity index (χ0v) is 21.0. The largest absolute Gasteiger partial charge is 0.858 e. The van der Waals surface area contributed by atoms with Crippen LogP contribution in [0.5, 0.6) is 11.5 Å². The molecular weight excluding hydrogens is 620 g/mol. The number of sulfonamides is 1. The first-order chi connectivity index (χ1) is 16.3. The summed E-state index contributed by atoms with van der Waals surface area (Å²) in [5, 5.41) is 12.2. The van der Waals surface area contributed by atoms with Crippen LogP contribution in [-0.2, 0) is 24.9 Å². The van der Waals surface area contributed by atoms with Crippen molar-refractivity contribution in [3.63, 3.8) is 0 Å². The van der Waals surface area contributed by atoms with Crippen LogP contribution in [-0.4, -0.2) is 39.9 Å². The van der Waals surface area contributed by atoms with Gasteiger partial charge in [-0.2, -0.15) is 12.8 Å². The minimum atomic E-state index is -4.64. The van der Waals surface area contributed by atoms with E-state index in [0.717, 1.165) is 30.3 Å². The number of halogens is 2. The highest BCUT2D eigenvalue weighted by molar-refractivity contribution is 14.1. The Labute approximate surface area is 213 Å². The van der Waals surface area contributed by atoms with Gasteiger partial charge in [0.2, 0.25) is 0 Å². The van der Waals surface area contributed by atoms with Crippen LogP contribution in [0.25, 0.3) is 0 Å². The summed E-state index contributed by atoms with van der Waals surface area (Å²) in [6.45, 7) is -0.550. The summed E-state index contributed by atoms with van der Waals surface area (Å²) in [5.41, 5.74) is -0.102. The molecule has 0 fully saturated rings. The van der Waals surface area contributed by atoms with Gasteiger partial charge in [-0.15, -0.1) is 0 Å². The molecule has 3 rings (SSSR count). The number of carbonyl (C=O) groups excluding carboxylic acids is 1. The molecule has 0 atom stereocenters. The maximum Gasteiger partial charge on any atom is 0.349 e. The molecule has 0 spiro atoms. The number of esters is 1. The van der Waals surface area contributed by atoms with Crippen molar-refractivity contribution in [3.05, 3.63) is 81.7 Å². The van der Waals surface area contributed by atoms with Crippen molar-refractivity contribution >= 4 is 54.6 Å². The summed E-state index contributed by atoms with van der Waals surface area (Å²) in [4.78, 5) is 11.2. The highest BCUT2D eigenvalue weighted by Gasteiger charge is 2.13. The predicted octanol–water partition coefficient (Wildman–Crippen LogP) is 1.81. The summed E-state index contributed by atoms with van der Waals surface area (Å²) < 4.78 is 84.2. The van der Waals surface area contributed by atoms with E-state index in [0.29, 0.717) is 0 Å². The fourth-order valence-corrected chi connectivity index (χ4v) is 5.30. The Balaban J connectivity index is 1.62. The summed E-state index contributed by atoms with van der Waals surface area (Å²) in [7, 11) is -8.99. The van der Waals surface area contributed by atoms with E-state index >= 15 is 0 Å². The Kier molecular flexibility index (Phi) is 8.09. The van der Waals surface area contributed by atoms with Crippen molar-refractivity contribution in [3.8, 4) is 11.5 Å². The van der Waals surface area contributed by atoms with Gasteiger partial charge < -0.3 is 19.1 Å². The van der Waals surface area contributed by atoms with E-state index in [2.05, 4.69) is 4.40 Å². The maximum atomic E-state index is 13.0. The monoisotopic (exact) mass is 633 g/mol. The van der Waals surface area contributed by atoms with Crippen LogP contribution in [0, 0.1) is 9.39 Å². The first kappa shape index (κ1) is 26.5. The second kappa shape index (κ2) is 10.7. The van der Waals surface area contributed by atoms with Crippen molar-refractivity contribution < 1.29 is 45.2 Å². The van der Waals surface area contributed by atoms with Crippen LogP contribution >= 0.6 is 22.6 Å². The fraction of sp³-hybridized carbons (Fsp3) is 0.0476. The lowest BCUT2D eigenvalue weighted by Crippen LogP contribution is -2.21. The van der Waals surface area contributed by atoms with E-state index < -0.39 is 49.3 Å². The Morgan fingerprint density at radius 3 is 2.11 bits per heavy atom. The molecule has 0 heterocycles. The number of hydrogen-bond donors (Lipinski definition) is 0.